The molecule has 0 radical (unpaired) electrons. The second-order valence-electron chi connectivity index (χ2n) is 17.6. The fourth-order valence-corrected chi connectivity index (χ4v) is 12.8. The summed E-state index contributed by atoms with van der Waals surface area (Å²) in [5.41, 5.74) is 4.87. The van der Waals surface area contributed by atoms with E-state index in [-0.39, 0.29) is 24.1 Å². The fourth-order valence-electron chi connectivity index (χ4n) is 12.8. The van der Waals surface area contributed by atoms with Gasteiger partial charge in [0.25, 0.3) is 0 Å². The predicted octanol–water partition coefficient (Wildman–Crippen LogP) is 10.3. The van der Waals surface area contributed by atoms with Crippen LogP contribution in [0.25, 0.3) is 6.08 Å². The van der Waals surface area contributed by atoms with Gasteiger partial charge in [-0.1, -0.05) is 52.3 Å². The number of allylic oxidation sites excluding steroid dienone is 2. The van der Waals surface area contributed by atoms with E-state index in [1.54, 1.807) is 12.2 Å². The first kappa shape index (κ1) is 33.8. The zero-order valence-corrected chi connectivity index (χ0v) is 30.2. The average molecular weight is 631 g/mol. The third-order valence-electron chi connectivity index (χ3n) is 15.2. The lowest BCUT2D eigenvalue weighted by atomic mass is 9.41. The Labute approximate surface area is 279 Å². The van der Waals surface area contributed by atoms with Gasteiger partial charge in [-0.3, -0.25) is 0 Å². The van der Waals surface area contributed by atoms with Crippen LogP contribution in [0.1, 0.15) is 137 Å². The smallest absolute Gasteiger partial charge is 0.331 e. The molecule has 0 amide bonds. The van der Waals surface area contributed by atoms with E-state index in [1.165, 1.54) is 69.8 Å². The summed E-state index contributed by atoms with van der Waals surface area (Å²) >= 11 is 0. The standard InChI is InChI=1S/C42H62O4/c1-9-45-33-15-13-30(25-31(33)26-43)14-18-37(44)46-36-20-22-41-27-42(41)24-23-39(7)32(29(4)12-10-11-28(2)3)19-21-40(39,8)35(42)17-16-34(41)38(36,5)6/h11,13-15,18,25,29,32,34-36,43H,9-10,12,16-17,19-24,26-27H2,1-8H3/b18-14+. The number of ether oxygens (including phenoxy) is 2. The predicted molar refractivity (Wildman–Crippen MR) is 187 cm³/mol. The molecule has 2 spiro atoms. The molecule has 9 unspecified atom stereocenters. The van der Waals surface area contributed by atoms with Crippen LogP contribution < -0.4 is 4.74 Å². The minimum absolute atomic E-state index is 0.0290. The molecule has 5 aliphatic carbocycles. The van der Waals surface area contributed by atoms with E-state index in [9.17, 15) is 9.90 Å². The Hall–Kier alpha value is -2.07. The summed E-state index contributed by atoms with van der Waals surface area (Å²) in [6.45, 7) is 19.6. The van der Waals surface area contributed by atoms with E-state index < -0.39 is 0 Å². The molecule has 9 atom stereocenters. The molecular formula is C42H62O4. The lowest BCUT2D eigenvalue weighted by Crippen LogP contribution is -2.58. The first-order valence-electron chi connectivity index (χ1n) is 18.7. The van der Waals surface area contributed by atoms with Crippen molar-refractivity contribution in [3.63, 3.8) is 0 Å². The van der Waals surface area contributed by atoms with Gasteiger partial charge in [0, 0.05) is 17.1 Å². The summed E-state index contributed by atoms with van der Waals surface area (Å²) < 4.78 is 11.9. The maximum atomic E-state index is 13.2. The van der Waals surface area contributed by atoms with Gasteiger partial charge in [0.1, 0.15) is 11.9 Å². The van der Waals surface area contributed by atoms with Crippen molar-refractivity contribution in [2.24, 2.45) is 50.7 Å². The molecule has 5 fully saturated rings. The van der Waals surface area contributed by atoms with E-state index in [0.29, 0.717) is 39.9 Å². The highest BCUT2D eigenvalue weighted by molar-refractivity contribution is 5.87. The van der Waals surface area contributed by atoms with Crippen molar-refractivity contribution in [1.29, 1.82) is 0 Å². The van der Waals surface area contributed by atoms with Gasteiger partial charge in [-0.05, 0) is 161 Å². The largest absolute Gasteiger partial charge is 0.494 e. The van der Waals surface area contributed by atoms with Crippen LogP contribution in [0.4, 0.5) is 0 Å². The van der Waals surface area contributed by atoms with E-state index in [2.05, 4.69) is 54.5 Å². The number of esters is 1. The Morgan fingerprint density at radius 2 is 1.72 bits per heavy atom. The molecule has 0 aliphatic heterocycles. The number of rotatable bonds is 10. The minimum atomic E-state index is -0.260. The topological polar surface area (TPSA) is 55.8 Å². The summed E-state index contributed by atoms with van der Waals surface area (Å²) in [7, 11) is 0. The van der Waals surface area contributed by atoms with Crippen LogP contribution in [0.3, 0.4) is 0 Å². The SMILES string of the molecule is CCOc1ccc(/C=C/C(=O)OC2CCC34CC35CCC3(C)C(C(C)CCC=C(C)C)CCC3(C)C5CCC4C2(C)C)cc1CO. The monoisotopic (exact) mass is 630 g/mol. The molecule has 0 bridgehead atoms. The zero-order chi connectivity index (χ0) is 33.1. The lowest BCUT2D eigenvalue weighted by molar-refractivity contribution is -0.179. The van der Waals surface area contributed by atoms with Crippen LogP contribution in [0.15, 0.2) is 35.9 Å². The molecule has 254 valence electrons. The number of benzene rings is 1. The van der Waals surface area contributed by atoms with Gasteiger partial charge in [-0.2, -0.15) is 0 Å². The van der Waals surface area contributed by atoms with E-state index in [0.717, 1.165) is 35.3 Å². The van der Waals surface area contributed by atoms with Crippen molar-refractivity contribution in [2.45, 2.75) is 139 Å². The van der Waals surface area contributed by atoms with Gasteiger partial charge in [0.15, 0.2) is 0 Å². The third kappa shape index (κ3) is 5.14. The number of hydrogen-bond acceptors (Lipinski definition) is 4. The fraction of sp³-hybridized carbons (Fsp3) is 0.738. The van der Waals surface area contributed by atoms with E-state index >= 15 is 0 Å². The van der Waals surface area contributed by atoms with Gasteiger partial charge >= 0.3 is 5.97 Å². The van der Waals surface area contributed by atoms with Crippen LogP contribution in [0, 0.1) is 50.7 Å². The van der Waals surface area contributed by atoms with Gasteiger partial charge in [-0.25, -0.2) is 4.79 Å². The molecule has 4 nitrogen and oxygen atoms in total. The molecule has 0 saturated heterocycles. The molecule has 5 saturated carbocycles. The zero-order valence-electron chi connectivity index (χ0n) is 30.2. The first-order valence-corrected chi connectivity index (χ1v) is 18.7. The van der Waals surface area contributed by atoms with E-state index in [1.807, 2.05) is 25.1 Å². The first-order chi connectivity index (χ1) is 21.8. The molecule has 5 aliphatic rings. The number of aliphatic hydroxyl groups is 1. The summed E-state index contributed by atoms with van der Waals surface area (Å²) in [6.07, 6.45) is 20.2. The quantitative estimate of drug-likeness (QED) is 0.159. The summed E-state index contributed by atoms with van der Waals surface area (Å²) in [6, 6.07) is 5.65. The Kier molecular flexibility index (Phi) is 8.91. The molecule has 4 heteroatoms. The summed E-state index contributed by atoms with van der Waals surface area (Å²) in [5.74, 6) is 3.54. The molecule has 46 heavy (non-hydrogen) atoms. The maximum absolute atomic E-state index is 13.2. The summed E-state index contributed by atoms with van der Waals surface area (Å²) in [4.78, 5) is 13.2. The molecule has 1 aromatic rings. The molecular weight excluding hydrogens is 568 g/mol. The number of carbonyl (C=O) groups excluding carboxylic acids is 1. The highest BCUT2D eigenvalue weighted by atomic mass is 16.5. The van der Waals surface area contributed by atoms with Crippen LogP contribution in [-0.2, 0) is 16.1 Å². The van der Waals surface area contributed by atoms with Crippen LogP contribution in [0.5, 0.6) is 5.75 Å². The van der Waals surface area contributed by atoms with Crippen molar-refractivity contribution in [3.8, 4) is 5.75 Å². The third-order valence-corrected chi connectivity index (χ3v) is 15.2. The summed E-state index contributed by atoms with van der Waals surface area (Å²) in [5, 5.41) is 9.76. The second-order valence-corrected chi connectivity index (χ2v) is 17.6. The molecule has 1 aromatic carbocycles. The van der Waals surface area contributed by atoms with Crippen LogP contribution in [-0.4, -0.2) is 23.8 Å². The van der Waals surface area contributed by atoms with Crippen LogP contribution >= 0.6 is 0 Å². The van der Waals surface area contributed by atoms with Gasteiger partial charge < -0.3 is 14.6 Å². The second kappa shape index (κ2) is 12.1. The maximum Gasteiger partial charge on any atom is 0.331 e. The Morgan fingerprint density at radius 3 is 2.43 bits per heavy atom. The lowest BCUT2D eigenvalue weighted by Gasteiger charge is -2.63. The van der Waals surface area contributed by atoms with Crippen molar-refractivity contribution < 1.29 is 19.4 Å². The molecule has 6 rings (SSSR count). The van der Waals surface area contributed by atoms with Crippen LogP contribution in [0.2, 0.25) is 0 Å². The van der Waals surface area contributed by atoms with Crippen molar-refractivity contribution in [3.05, 3.63) is 47.1 Å². The van der Waals surface area contributed by atoms with Crippen molar-refractivity contribution in [1.82, 2.24) is 0 Å². The average Bonchev–Trinajstić information content (AvgIpc) is 3.59. The highest BCUT2D eigenvalue weighted by Crippen LogP contribution is 2.89. The normalized spacial score (nSPS) is 39.4. The van der Waals surface area contributed by atoms with Gasteiger partial charge in [0.2, 0.25) is 0 Å². The van der Waals surface area contributed by atoms with Crippen molar-refractivity contribution in [2.75, 3.05) is 6.61 Å². The molecule has 0 heterocycles. The minimum Gasteiger partial charge on any atom is -0.494 e. The molecule has 1 N–H and O–H groups in total. The molecule has 0 aromatic heterocycles. The number of carbonyl (C=O) groups is 1. The van der Waals surface area contributed by atoms with Gasteiger partial charge in [0.05, 0.1) is 13.2 Å². The number of hydrogen-bond donors (Lipinski definition) is 1. The highest BCUT2D eigenvalue weighted by Gasteiger charge is 2.82. The number of aliphatic hydroxyl groups excluding tert-OH is 1. The number of fused-ring (bicyclic) bond motifs is 2. The van der Waals surface area contributed by atoms with Gasteiger partial charge in [-0.15, -0.1) is 0 Å². The van der Waals surface area contributed by atoms with Crippen molar-refractivity contribution >= 4 is 12.0 Å². The van der Waals surface area contributed by atoms with E-state index in [4.69, 9.17) is 9.47 Å². The Morgan fingerprint density at radius 1 is 0.978 bits per heavy atom. The Bertz CT molecular complexity index is 1370. The Balaban J connectivity index is 1.14.